The predicted octanol–water partition coefficient (Wildman–Crippen LogP) is 0.271. The standard InChI is InChI=1S/C9H9N5O4/c1-12-3-6(10-11-12)4-13-5-7(14(17)18)2-8(13)9(15)16/h2-3,5H,4H2,1H3,(H,15,16). The summed E-state index contributed by atoms with van der Waals surface area (Å²) in [6.07, 6.45) is 2.77. The topological polar surface area (TPSA) is 116 Å². The van der Waals surface area contributed by atoms with E-state index in [-0.39, 0.29) is 17.9 Å². The number of aromatic nitrogens is 4. The third kappa shape index (κ3) is 2.19. The van der Waals surface area contributed by atoms with E-state index >= 15 is 0 Å². The minimum atomic E-state index is -1.23. The number of carboxylic acids is 1. The zero-order valence-corrected chi connectivity index (χ0v) is 9.35. The van der Waals surface area contributed by atoms with Gasteiger partial charge in [-0.1, -0.05) is 5.21 Å². The minimum absolute atomic E-state index is 0.114. The van der Waals surface area contributed by atoms with Crippen molar-refractivity contribution in [1.82, 2.24) is 19.6 Å². The molecule has 0 aliphatic rings. The Kier molecular flexibility index (Phi) is 2.80. The summed E-state index contributed by atoms with van der Waals surface area (Å²) in [6, 6.07) is 1.01. The van der Waals surface area contributed by atoms with E-state index in [1.54, 1.807) is 13.2 Å². The normalized spacial score (nSPS) is 10.5. The van der Waals surface area contributed by atoms with Gasteiger partial charge in [0.1, 0.15) is 11.4 Å². The first-order valence-electron chi connectivity index (χ1n) is 4.90. The third-order valence-electron chi connectivity index (χ3n) is 2.29. The molecule has 1 N–H and O–H groups in total. The number of aryl methyl sites for hydroxylation is 1. The van der Waals surface area contributed by atoms with Gasteiger partial charge in [0.25, 0.3) is 5.69 Å². The summed E-state index contributed by atoms with van der Waals surface area (Å²) in [5.74, 6) is -1.23. The van der Waals surface area contributed by atoms with Gasteiger partial charge in [0.15, 0.2) is 0 Å². The van der Waals surface area contributed by atoms with E-state index in [1.807, 2.05) is 0 Å². The van der Waals surface area contributed by atoms with Crippen molar-refractivity contribution in [2.24, 2.45) is 7.05 Å². The molecule has 94 valence electrons. The van der Waals surface area contributed by atoms with Crippen molar-refractivity contribution >= 4 is 11.7 Å². The van der Waals surface area contributed by atoms with E-state index in [1.165, 1.54) is 9.25 Å². The molecule has 0 bridgehead atoms. The predicted molar refractivity (Wildman–Crippen MR) is 58.2 cm³/mol. The van der Waals surface area contributed by atoms with E-state index in [4.69, 9.17) is 5.11 Å². The van der Waals surface area contributed by atoms with E-state index in [0.29, 0.717) is 5.69 Å². The fourth-order valence-corrected chi connectivity index (χ4v) is 1.55. The lowest BCUT2D eigenvalue weighted by molar-refractivity contribution is -0.384. The highest BCUT2D eigenvalue weighted by Crippen LogP contribution is 2.17. The summed E-state index contributed by atoms with van der Waals surface area (Å²) in [4.78, 5) is 20.9. The molecule has 0 spiro atoms. The Hall–Kier alpha value is -2.71. The SMILES string of the molecule is Cn1cc(Cn2cc([N+](=O)[O-])cc2C(=O)O)nn1. The van der Waals surface area contributed by atoms with Crippen LogP contribution in [0.15, 0.2) is 18.5 Å². The van der Waals surface area contributed by atoms with Gasteiger partial charge in [-0.05, 0) is 0 Å². The molecular formula is C9H9N5O4. The number of nitro groups is 1. The zero-order chi connectivity index (χ0) is 13.3. The van der Waals surface area contributed by atoms with Gasteiger partial charge in [0.05, 0.1) is 17.7 Å². The van der Waals surface area contributed by atoms with Crippen LogP contribution in [0.25, 0.3) is 0 Å². The minimum Gasteiger partial charge on any atom is -0.477 e. The van der Waals surface area contributed by atoms with Crippen molar-refractivity contribution in [3.05, 3.63) is 40.0 Å². The van der Waals surface area contributed by atoms with Gasteiger partial charge >= 0.3 is 5.97 Å². The fraction of sp³-hybridized carbons (Fsp3) is 0.222. The largest absolute Gasteiger partial charge is 0.477 e. The summed E-state index contributed by atoms with van der Waals surface area (Å²) in [5.41, 5.74) is 0.0918. The molecule has 0 aromatic carbocycles. The molecule has 0 amide bonds. The summed E-state index contributed by atoms with van der Waals surface area (Å²) in [6.45, 7) is 0.114. The first-order chi connectivity index (χ1) is 8.47. The highest BCUT2D eigenvalue weighted by molar-refractivity contribution is 5.86. The Balaban J connectivity index is 2.36. The van der Waals surface area contributed by atoms with Crippen molar-refractivity contribution in [3.8, 4) is 0 Å². The quantitative estimate of drug-likeness (QED) is 0.615. The van der Waals surface area contributed by atoms with Gasteiger partial charge in [-0.2, -0.15) is 0 Å². The first kappa shape index (κ1) is 11.8. The van der Waals surface area contributed by atoms with Gasteiger partial charge in [0.2, 0.25) is 0 Å². The lowest BCUT2D eigenvalue weighted by Gasteiger charge is -2.01. The van der Waals surface area contributed by atoms with Crippen LogP contribution < -0.4 is 0 Å². The van der Waals surface area contributed by atoms with Gasteiger partial charge in [0, 0.05) is 19.3 Å². The van der Waals surface area contributed by atoms with Crippen molar-refractivity contribution in [2.45, 2.75) is 6.54 Å². The zero-order valence-electron chi connectivity index (χ0n) is 9.35. The van der Waals surface area contributed by atoms with Gasteiger partial charge in [-0.15, -0.1) is 5.10 Å². The maximum absolute atomic E-state index is 11.0. The van der Waals surface area contributed by atoms with Gasteiger partial charge in [-0.3, -0.25) is 14.8 Å². The molecule has 2 aromatic heterocycles. The molecule has 2 aromatic rings. The Bertz CT molecular complexity index is 614. The summed E-state index contributed by atoms with van der Waals surface area (Å²) >= 11 is 0. The number of carboxylic acid groups (broad SMARTS) is 1. The van der Waals surface area contributed by atoms with Crippen LogP contribution in [0.2, 0.25) is 0 Å². The average molecular weight is 251 g/mol. The van der Waals surface area contributed by atoms with Crippen LogP contribution in [0.1, 0.15) is 16.2 Å². The van der Waals surface area contributed by atoms with Gasteiger partial charge in [-0.25, -0.2) is 4.79 Å². The van der Waals surface area contributed by atoms with Crippen LogP contribution in [-0.4, -0.2) is 35.6 Å². The van der Waals surface area contributed by atoms with Gasteiger partial charge < -0.3 is 9.67 Å². The second-order valence-corrected chi connectivity index (χ2v) is 3.66. The first-order valence-corrected chi connectivity index (χ1v) is 4.90. The molecule has 0 saturated heterocycles. The molecule has 9 nitrogen and oxygen atoms in total. The van der Waals surface area contributed by atoms with Crippen LogP contribution in [0.3, 0.4) is 0 Å². The average Bonchev–Trinajstić information content (AvgIpc) is 2.85. The molecule has 0 radical (unpaired) electrons. The summed E-state index contributed by atoms with van der Waals surface area (Å²) in [5, 5.41) is 27.1. The Morgan fingerprint density at radius 1 is 1.56 bits per heavy atom. The molecule has 0 unspecified atom stereocenters. The molecule has 2 rings (SSSR count). The lowest BCUT2D eigenvalue weighted by Crippen LogP contribution is -2.08. The van der Waals surface area contributed by atoms with Crippen LogP contribution in [0, 0.1) is 10.1 Å². The Morgan fingerprint density at radius 3 is 2.78 bits per heavy atom. The summed E-state index contributed by atoms with van der Waals surface area (Å²) in [7, 11) is 1.67. The third-order valence-corrected chi connectivity index (χ3v) is 2.29. The molecule has 0 aliphatic heterocycles. The number of hydrogen-bond acceptors (Lipinski definition) is 5. The summed E-state index contributed by atoms with van der Waals surface area (Å²) < 4.78 is 2.72. The molecule has 0 atom stereocenters. The maximum atomic E-state index is 11.0. The molecule has 0 saturated carbocycles. The molecule has 2 heterocycles. The smallest absolute Gasteiger partial charge is 0.352 e. The van der Waals surface area contributed by atoms with Crippen LogP contribution in [0.5, 0.6) is 0 Å². The molecule has 9 heteroatoms. The highest BCUT2D eigenvalue weighted by Gasteiger charge is 2.19. The van der Waals surface area contributed by atoms with E-state index < -0.39 is 10.9 Å². The number of rotatable bonds is 4. The second kappa shape index (κ2) is 4.28. The number of aromatic carboxylic acids is 1. The van der Waals surface area contributed by atoms with E-state index in [0.717, 1.165) is 12.3 Å². The fourth-order valence-electron chi connectivity index (χ4n) is 1.55. The molecular weight excluding hydrogens is 242 g/mol. The molecule has 0 aliphatic carbocycles. The van der Waals surface area contributed by atoms with Crippen LogP contribution in [-0.2, 0) is 13.6 Å². The maximum Gasteiger partial charge on any atom is 0.352 e. The van der Waals surface area contributed by atoms with E-state index in [2.05, 4.69) is 10.3 Å². The van der Waals surface area contributed by atoms with Crippen molar-refractivity contribution in [3.63, 3.8) is 0 Å². The monoisotopic (exact) mass is 251 g/mol. The molecule has 18 heavy (non-hydrogen) atoms. The Morgan fingerprint density at radius 2 is 2.28 bits per heavy atom. The van der Waals surface area contributed by atoms with Crippen molar-refractivity contribution in [2.75, 3.05) is 0 Å². The number of carbonyl (C=O) groups is 1. The molecule has 0 fully saturated rings. The van der Waals surface area contributed by atoms with Crippen molar-refractivity contribution < 1.29 is 14.8 Å². The number of nitrogens with zero attached hydrogens (tertiary/aromatic N) is 5. The Labute approximate surface area is 100 Å². The van der Waals surface area contributed by atoms with E-state index in [9.17, 15) is 14.9 Å². The van der Waals surface area contributed by atoms with Crippen molar-refractivity contribution in [1.29, 1.82) is 0 Å². The lowest BCUT2D eigenvalue weighted by atomic mass is 10.4. The highest BCUT2D eigenvalue weighted by atomic mass is 16.6. The van der Waals surface area contributed by atoms with Crippen LogP contribution >= 0.6 is 0 Å². The van der Waals surface area contributed by atoms with Crippen LogP contribution in [0.4, 0.5) is 5.69 Å². The second-order valence-electron chi connectivity index (χ2n) is 3.66. The number of hydrogen-bond donors (Lipinski definition) is 1.